The summed E-state index contributed by atoms with van der Waals surface area (Å²) in [5, 5.41) is 0. The van der Waals surface area contributed by atoms with E-state index in [4.69, 9.17) is 0 Å². The molecular weight excluding hydrogens is 212 g/mol. The molecule has 0 saturated carbocycles. The number of benzene rings is 1. The third-order valence-corrected chi connectivity index (χ3v) is 2.98. The first-order valence-electron chi connectivity index (χ1n) is 5.02. The molecule has 15 heavy (non-hydrogen) atoms. The van der Waals surface area contributed by atoms with Gasteiger partial charge in [-0.1, -0.05) is 31.5 Å². The predicted octanol–water partition coefficient (Wildman–Crippen LogP) is 2.75. The lowest BCUT2D eigenvalue weighted by atomic mass is 10.2. The monoisotopic (exact) mass is 230 g/mol. The lowest BCUT2D eigenvalue weighted by Gasteiger charge is -2.02. The molecule has 0 atom stereocenters. The molecule has 0 saturated heterocycles. The molecule has 4 heteroatoms. The Kier molecular flexibility index (Phi) is 6.20. The lowest BCUT2D eigenvalue weighted by molar-refractivity contribution is 0.338. The van der Waals surface area contributed by atoms with E-state index in [1.54, 1.807) is 31.2 Å². The van der Waals surface area contributed by atoms with Crippen molar-refractivity contribution in [3.05, 3.63) is 29.8 Å². The van der Waals surface area contributed by atoms with E-state index >= 15 is 0 Å². The topological polar surface area (TPSA) is 43.4 Å². The van der Waals surface area contributed by atoms with Crippen molar-refractivity contribution in [1.29, 1.82) is 0 Å². The number of hydrogen-bond donors (Lipinski definition) is 0. The summed E-state index contributed by atoms with van der Waals surface area (Å²) in [6, 6.07) is 6.57. The third kappa shape index (κ3) is 4.44. The second-order valence-corrected chi connectivity index (χ2v) is 4.29. The largest absolute Gasteiger partial charge is 0.296 e. The molecule has 0 radical (unpaired) electrons. The van der Waals surface area contributed by atoms with Gasteiger partial charge in [-0.3, -0.25) is 4.18 Å². The predicted molar refractivity (Wildman–Crippen MR) is 61.3 cm³/mol. The highest BCUT2D eigenvalue weighted by Gasteiger charge is 2.12. The zero-order chi connectivity index (χ0) is 11.9. The van der Waals surface area contributed by atoms with Gasteiger partial charge in [-0.15, -0.1) is 0 Å². The summed E-state index contributed by atoms with van der Waals surface area (Å²) in [6.07, 6.45) is 0. The molecule has 0 aromatic heterocycles. The molecule has 0 aliphatic carbocycles. The SMILES string of the molecule is CC.CCOS(=O)(=O)c1ccc(C)cc1. The van der Waals surface area contributed by atoms with E-state index in [-0.39, 0.29) is 11.5 Å². The van der Waals surface area contributed by atoms with E-state index in [1.165, 1.54) is 0 Å². The Bertz CT molecular complexity index is 365. The molecule has 1 aromatic carbocycles. The van der Waals surface area contributed by atoms with Crippen LogP contribution in [0.4, 0.5) is 0 Å². The number of rotatable bonds is 3. The zero-order valence-electron chi connectivity index (χ0n) is 9.65. The van der Waals surface area contributed by atoms with Crippen LogP contribution in [0.15, 0.2) is 29.2 Å². The van der Waals surface area contributed by atoms with Crippen LogP contribution >= 0.6 is 0 Å². The summed E-state index contributed by atoms with van der Waals surface area (Å²) < 4.78 is 27.3. The summed E-state index contributed by atoms with van der Waals surface area (Å²) >= 11 is 0. The minimum absolute atomic E-state index is 0.163. The van der Waals surface area contributed by atoms with Crippen LogP contribution in [0.2, 0.25) is 0 Å². The minimum Gasteiger partial charge on any atom is -0.267 e. The van der Waals surface area contributed by atoms with E-state index in [0.717, 1.165) is 5.56 Å². The van der Waals surface area contributed by atoms with Crippen molar-refractivity contribution >= 4 is 10.1 Å². The summed E-state index contributed by atoms with van der Waals surface area (Å²) in [5.74, 6) is 0. The van der Waals surface area contributed by atoms with Crippen molar-refractivity contribution in [2.75, 3.05) is 6.61 Å². The van der Waals surface area contributed by atoms with Gasteiger partial charge in [-0.05, 0) is 26.0 Å². The Morgan fingerprint density at radius 1 is 1.13 bits per heavy atom. The fourth-order valence-electron chi connectivity index (χ4n) is 0.928. The second-order valence-electron chi connectivity index (χ2n) is 2.67. The van der Waals surface area contributed by atoms with Crippen molar-refractivity contribution in [3.8, 4) is 0 Å². The van der Waals surface area contributed by atoms with E-state index in [2.05, 4.69) is 4.18 Å². The van der Waals surface area contributed by atoms with Crippen molar-refractivity contribution in [1.82, 2.24) is 0 Å². The van der Waals surface area contributed by atoms with Gasteiger partial charge in [0.1, 0.15) is 0 Å². The number of aryl methyl sites for hydroxylation is 1. The maximum absolute atomic E-state index is 11.3. The van der Waals surface area contributed by atoms with E-state index in [1.807, 2.05) is 20.8 Å². The van der Waals surface area contributed by atoms with Crippen molar-refractivity contribution < 1.29 is 12.6 Å². The van der Waals surface area contributed by atoms with Gasteiger partial charge in [0, 0.05) is 0 Å². The van der Waals surface area contributed by atoms with Crippen LogP contribution in [0.1, 0.15) is 26.3 Å². The summed E-state index contributed by atoms with van der Waals surface area (Å²) in [4.78, 5) is 0.208. The van der Waals surface area contributed by atoms with Crippen LogP contribution in [0.5, 0.6) is 0 Å². The lowest BCUT2D eigenvalue weighted by Crippen LogP contribution is -2.05. The molecule has 86 valence electrons. The van der Waals surface area contributed by atoms with Crippen LogP contribution in [0, 0.1) is 6.92 Å². The maximum Gasteiger partial charge on any atom is 0.296 e. The van der Waals surface area contributed by atoms with Gasteiger partial charge >= 0.3 is 0 Å². The highest BCUT2D eigenvalue weighted by Crippen LogP contribution is 2.12. The third-order valence-electron chi connectivity index (χ3n) is 1.58. The molecule has 1 aromatic rings. The Morgan fingerprint density at radius 2 is 1.60 bits per heavy atom. The molecular formula is C11H18O3S. The van der Waals surface area contributed by atoms with E-state index in [0.29, 0.717) is 0 Å². The summed E-state index contributed by atoms with van der Waals surface area (Å²) in [7, 11) is -3.53. The number of hydrogen-bond acceptors (Lipinski definition) is 3. The normalized spacial score (nSPS) is 10.4. The first-order chi connectivity index (χ1) is 7.06. The first kappa shape index (κ1) is 14.1. The Hall–Kier alpha value is -0.870. The first-order valence-corrected chi connectivity index (χ1v) is 6.43. The Balaban J connectivity index is 0.000000921. The summed E-state index contributed by atoms with van der Waals surface area (Å²) in [5.41, 5.74) is 1.02. The average Bonchev–Trinajstić information content (AvgIpc) is 2.21. The van der Waals surface area contributed by atoms with Gasteiger partial charge in [-0.25, -0.2) is 0 Å². The van der Waals surface area contributed by atoms with Gasteiger partial charge in [0.05, 0.1) is 11.5 Å². The standard InChI is InChI=1S/C9H12O3S.C2H6/c1-3-12-13(10,11)9-6-4-8(2)5-7-9;1-2/h4-7H,3H2,1-2H3;1-2H3. The van der Waals surface area contributed by atoms with Crippen molar-refractivity contribution in [2.24, 2.45) is 0 Å². The van der Waals surface area contributed by atoms with Gasteiger partial charge in [-0.2, -0.15) is 8.42 Å². The van der Waals surface area contributed by atoms with Gasteiger partial charge in [0.25, 0.3) is 10.1 Å². The molecule has 0 N–H and O–H groups in total. The zero-order valence-corrected chi connectivity index (χ0v) is 10.5. The fraction of sp³-hybridized carbons (Fsp3) is 0.455. The van der Waals surface area contributed by atoms with Crippen LogP contribution < -0.4 is 0 Å². The molecule has 1 rings (SSSR count). The molecule has 0 amide bonds. The minimum atomic E-state index is -3.53. The van der Waals surface area contributed by atoms with Crippen molar-refractivity contribution in [2.45, 2.75) is 32.6 Å². The molecule has 0 spiro atoms. The molecule has 0 bridgehead atoms. The highest BCUT2D eigenvalue weighted by molar-refractivity contribution is 7.86. The maximum atomic E-state index is 11.3. The molecule has 0 heterocycles. The van der Waals surface area contributed by atoms with Crippen LogP contribution in [0.25, 0.3) is 0 Å². The molecule has 0 fully saturated rings. The average molecular weight is 230 g/mol. The molecule has 0 aliphatic rings. The van der Waals surface area contributed by atoms with Crippen LogP contribution in [0.3, 0.4) is 0 Å². The second kappa shape index (κ2) is 6.58. The Morgan fingerprint density at radius 3 is 2.00 bits per heavy atom. The fourth-order valence-corrected chi connectivity index (χ4v) is 1.84. The van der Waals surface area contributed by atoms with Crippen molar-refractivity contribution in [3.63, 3.8) is 0 Å². The highest BCUT2D eigenvalue weighted by atomic mass is 32.2. The van der Waals surface area contributed by atoms with E-state index in [9.17, 15) is 8.42 Å². The summed E-state index contributed by atoms with van der Waals surface area (Å²) in [6.45, 7) is 7.71. The van der Waals surface area contributed by atoms with Gasteiger partial charge in [0.2, 0.25) is 0 Å². The smallest absolute Gasteiger partial charge is 0.267 e. The molecule has 0 unspecified atom stereocenters. The van der Waals surface area contributed by atoms with Gasteiger partial charge in [0.15, 0.2) is 0 Å². The van der Waals surface area contributed by atoms with Crippen LogP contribution in [-0.4, -0.2) is 15.0 Å². The molecule has 0 aliphatic heterocycles. The molecule has 3 nitrogen and oxygen atoms in total. The van der Waals surface area contributed by atoms with Gasteiger partial charge < -0.3 is 0 Å². The quantitative estimate of drug-likeness (QED) is 0.750. The Labute approximate surface area is 92.2 Å². The van der Waals surface area contributed by atoms with E-state index < -0.39 is 10.1 Å². The van der Waals surface area contributed by atoms with Crippen LogP contribution in [-0.2, 0) is 14.3 Å².